The summed E-state index contributed by atoms with van der Waals surface area (Å²) in [4.78, 5) is 0. The predicted molar refractivity (Wildman–Crippen MR) is 84.2 cm³/mol. The summed E-state index contributed by atoms with van der Waals surface area (Å²) >= 11 is 3.47. The van der Waals surface area contributed by atoms with Crippen LogP contribution in [-0.2, 0) is 13.0 Å². The predicted octanol–water partition coefficient (Wildman–Crippen LogP) is 3.68. The van der Waals surface area contributed by atoms with Crippen LogP contribution in [0.3, 0.4) is 0 Å². The minimum absolute atomic E-state index is 0.166. The van der Waals surface area contributed by atoms with Crippen LogP contribution >= 0.6 is 15.9 Å². The molecule has 2 aromatic carbocycles. The Hall–Kier alpha value is -1.59. The minimum atomic E-state index is -0.339. The lowest BCUT2D eigenvalue weighted by atomic mass is 10.1. The molecule has 0 heterocycles. The second-order valence-electron chi connectivity index (χ2n) is 4.54. The van der Waals surface area contributed by atoms with Gasteiger partial charge in [0.15, 0.2) is 0 Å². The smallest absolute Gasteiger partial charge is 0.133 e. The van der Waals surface area contributed by atoms with Crippen LogP contribution in [0, 0.1) is 5.82 Å². The lowest BCUT2D eigenvalue weighted by Gasteiger charge is -2.10. The van der Waals surface area contributed by atoms with E-state index in [0.29, 0.717) is 23.6 Å². The maximum Gasteiger partial charge on any atom is 0.133 e. The van der Waals surface area contributed by atoms with Gasteiger partial charge in [0.2, 0.25) is 0 Å². The van der Waals surface area contributed by atoms with Crippen molar-refractivity contribution in [2.45, 2.75) is 13.0 Å². The fourth-order valence-corrected chi connectivity index (χ4v) is 2.37. The first-order valence-electron chi connectivity index (χ1n) is 6.57. The van der Waals surface area contributed by atoms with Gasteiger partial charge < -0.3 is 15.2 Å². The van der Waals surface area contributed by atoms with E-state index in [4.69, 9.17) is 15.2 Å². The molecule has 0 unspecified atom stereocenters. The molecule has 0 saturated heterocycles. The maximum atomic E-state index is 13.8. The Kier molecular flexibility index (Phi) is 5.59. The van der Waals surface area contributed by atoms with Crippen LogP contribution in [-0.4, -0.2) is 13.7 Å². The molecule has 0 aromatic heterocycles. The molecule has 0 aliphatic rings. The number of hydrogen-bond acceptors (Lipinski definition) is 3. The highest BCUT2D eigenvalue weighted by atomic mass is 79.9. The van der Waals surface area contributed by atoms with Gasteiger partial charge in [0.1, 0.15) is 23.9 Å². The zero-order valence-electron chi connectivity index (χ0n) is 11.7. The number of benzene rings is 2. The van der Waals surface area contributed by atoms with Crippen molar-refractivity contribution < 1.29 is 13.9 Å². The molecular formula is C16H17BrFNO2. The monoisotopic (exact) mass is 353 g/mol. The van der Waals surface area contributed by atoms with E-state index in [1.807, 2.05) is 18.2 Å². The summed E-state index contributed by atoms with van der Waals surface area (Å²) in [6.07, 6.45) is 0.759. The Labute approximate surface area is 132 Å². The molecule has 2 N–H and O–H groups in total. The van der Waals surface area contributed by atoms with Gasteiger partial charge in [0, 0.05) is 16.1 Å². The first kappa shape index (κ1) is 15.8. The van der Waals surface area contributed by atoms with Gasteiger partial charge in [0.25, 0.3) is 0 Å². The van der Waals surface area contributed by atoms with E-state index in [0.717, 1.165) is 16.5 Å². The quantitative estimate of drug-likeness (QED) is 0.861. The molecule has 0 bridgehead atoms. The summed E-state index contributed by atoms with van der Waals surface area (Å²) < 4.78 is 25.4. The average molecular weight is 354 g/mol. The summed E-state index contributed by atoms with van der Waals surface area (Å²) in [6, 6.07) is 10.4. The second kappa shape index (κ2) is 7.43. The lowest BCUT2D eigenvalue weighted by Crippen LogP contribution is -2.04. The van der Waals surface area contributed by atoms with Crippen molar-refractivity contribution in [2.24, 2.45) is 5.73 Å². The SMILES string of the molecule is COc1ccc(COc2ccc(Br)c(CCN)c2)c(F)c1. The minimum Gasteiger partial charge on any atom is -0.497 e. The van der Waals surface area contributed by atoms with E-state index in [-0.39, 0.29) is 12.4 Å². The van der Waals surface area contributed by atoms with Crippen molar-refractivity contribution in [3.63, 3.8) is 0 Å². The molecule has 3 nitrogen and oxygen atoms in total. The standard InChI is InChI=1S/C16H17BrFNO2/c1-20-13-3-2-12(16(18)9-13)10-21-14-4-5-15(17)11(8-14)6-7-19/h2-5,8-9H,6-7,10,19H2,1H3. The Morgan fingerprint density at radius 1 is 1.10 bits per heavy atom. The topological polar surface area (TPSA) is 44.5 Å². The molecule has 2 rings (SSSR count). The number of hydrogen-bond donors (Lipinski definition) is 1. The first-order valence-corrected chi connectivity index (χ1v) is 7.37. The first-order chi connectivity index (χ1) is 10.1. The number of ether oxygens (including phenoxy) is 2. The van der Waals surface area contributed by atoms with Crippen LogP contribution < -0.4 is 15.2 Å². The normalized spacial score (nSPS) is 10.5. The largest absolute Gasteiger partial charge is 0.497 e. The van der Waals surface area contributed by atoms with Gasteiger partial charge in [-0.1, -0.05) is 15.9 Å². The molecule has 0 atom stereocenters. The fraction of sp³-hybridized carbons (Fsp3) is 0.250. The summed E-state index contributed by atoms with van der Waals surface area (Å²) in [5, 5.41) is 0. The second-order valence-corrected chi connectivity index (χ2v) is 5.39. The number of methoxy groups -OCH3 is 1. The van der Waals surface area contributed by atoms with Crippen molar-refractivity contribution in [3.05, 3.63) is 57.8 Å². The Balaban J connectivity index is 2.07. The average Bonchev–Trinajstić information content (AvgIpc) is 2.49. The van der Waals surface area contributed by atoms with Crippen molar-refractivity contribution in [2.75, 3.05) is 13.7 Å². The van der Waals surface area contributed by atoms with Crippen molar-refractivity contribution in [1.29, 1.82) is 0 Å². The summed E-state index contributed by atoms with van der Waals surface area (Å²) in [5.41, 5.74) is 7.13. The van der Waals surface area contributed by atoms with Gasteiger partial charge in [-0.2, -0.15) is 0 Å². The molecule has 0 spiro atoms. The molecule has 0 amide bonds. The summed E-state index contributed by atoms with van der Waals surface area (Å²) in [7, 11) is 1.51. The van der Waals surface area contributed by atoms with Crippen LogP contribution in [0.1, 0.15) is 11.1 Å². The molecule has 21 heavy (non-hydrogen) atoms. The Morgan fingerprint density at radius 2 is 1.86 bits per heavy atom. The van der Waals surface area contributed by atoms with Crippen molar-refractivity contribution in [1.82, 2.24) is 0 Å². The fourth-order valence-electron chi connectivity index (χ4n) is 1.92. The molecule has 0 aliphatic carbocycles. The van der Waals surface area contributed by atoms with E-state index < -0.39 is 0 Å². The molecule has 5 heteroatoms. The maximum absolute atomic E-state index is 13.8. The van der Waals surface area contributed by atoms with Crippen LogP contribution in [0.15, 0.2) is 40.9 Å². The van der Waals surface area contributed by atoms with E-state index >= 15 is 0 Å². The Bertz CT molecular complexity index is 619. The molecule has 0 fully saturated rings. The number of nitrogens with two attached hydrogens (primary N) is 1. The van der Waals surface area contributed by atoms with Gasteiger partial charge >= 0.3 is 0 Å². The van der Waals surface area contributed by atoms with E-state index in [2.05, 4.69) is 15.9 Å². The molecular weight excluding hydrogens is 337 g/mol. The highest BCUT2D eigenvalue weighted by Crippen LogP contribution is 2.24. The van der Waals surface area contributed by atoms with E-state index in [1.165, 1.54) is 13.2 Å². The van der Waals surface area contributed by atoms with Crippen LogP contribution in [0.2, 0.25) is 0 Å². The highest BCUT2D eigenvalue weighted by molar-refractivity contribution is 9.10. The molecule has 0 radical (unpaired) electrons. The molecule has 112 valence electrons. The lowest BCUT2D eigenvalue weighted by molar-refractivity contribution is 0.299. The number of rotatable bonds is 6. The third kappa shape index (κ3) is 4.19. The van der Waals surface area contributed by atoms with Gasteiger partial charge in [0.05, 0.1) is 7.11 Å². The summed E-state index contributed by atoms with van der Waals surface area (Å²) in [6.45, 7) is 0.731. The van der Waals surface area contributed by atoms with Crippen molar-refractivity contribution in [3.8, 4) is 11.5 Å². The highest BCUT2D eigenvalue weighted by Gasteiger charge is 2.06. The molecule has 0 saturated carbocycles. The molecule has 2 aromatic rings. The van der Waals surface area contributed by atoms with Crippen LogP contribution in [0.5, 0.6) is 11.5 Å². The number of halogens is 2. The molecule has 0 aliphatic heterocycles. The van der Waals surface area contributed by atoms with E-state index in [9.17, 15) is 4.39 Å². The van der Waals surface area contributed by atoms with Gasteiger partial charge in [-0.05, 0) is 48.9 Å². The van der Waals surface area contributed by atoms with Crippen LogP contribution in [0.25, 0.3) is 0 Å². The summed E-state index contributed by atoms with van der Waals surface area (Å²) in [5.74, 6) is 0.843. The zero-order valence-corrected chi connectivity index (χ0v) is 13.3. The Morgan fingerprint density at radius 3 is 2.52 bits per heavy atom. The van der Waals surface area contributed by atoms with Gasteiger partial charge in [-0.25, -0.2) is 4.39 Å². The van der Waals surface area contributed by atoms with Gasteiger partial charge in [-0.3, -0.25) is 0 Å². The third-order valence-corrected chi connectivity index (χ3v) is 3.86. The van der Waals surface area contributed by atoms with Crippen LogP contribution in [0.4, 0.5) is 4.39 Å². The van der Waals surface area contributed by atoms with E-state index in [1.54, 1.807) is 12.1 Å². The van der Waals surface area contributed by atoms with Crippen molar-refractivity contribution >= 4 is 15.9 Å². The zero-order chi connectivity index (χ0) is 15.2. The third-order valence-electron chi connectivity index (χ3n) is 3.09. The van der Waals surface area contributed by atoms with Gasteiger partial charge in [-0.15, -0.1) is 0 Å².